The molecule has 78 valence electrons. The molecule has 14 heavy (non-hydrogen) atoms. The highest BCUT2D eigenvalue weighted by molar-refractivity contribution is 7.91. The van der Waals surface area contributed by atoms with Crippen LogP contribution in [0.25, 0.3) is 0 Å². The molecule has 0 amide bonds. The van der Waals surface area contributed by atoms with Gasteiger partial charge >= 0.3 is 0 Å². The van der Waals surface area contributed by atoms with Crippen LogP contribution >= 0.6 is 0 Å². The van der Waals surface area contributed by atoms with Gasteiger partial charge in [0.25, 0.3) is 0 Å². The number of aromatic nitrogens is 1. The van der Waals surface area contributed by atoms with Gasteiger partial charge in [-0.25, -0.2) is 8.42 Å². The van der Waals surface area contributed by atoms with Crippen molar-refractivity contribution in [2.24, 2.45) is 0 Å². The van der Waals surface area contributed by atoms with Crippen molar-refractivity contribution in [1.82, 2.24) is 4.98 Å². The summed E-state index contributed by atoms with van der Waals surface area (Å²) in [5.41, 5.74) is 0.895. The average molecular weight is 214 g/mol. The quantitative estimate of drug-likeness (QED) is 0.792. The Labute approximate surface area is 84.3 Å². The van der Waals surface area contributed by atoms with Crippen LogP contribution < -0.4 is 5.32 Å². The number of anilines is 1. The first kappa shape index (κ1) is 11.0. The van der Waals surface area contributed by atoms with E-state index in [9.17, 15) is 8.42 Å². The summed E-state index contributed by atoms with van der Waals surface area (Å²) in [6.45, 7) is 2.10. The van der Waals surface area contributed by atoms with Gasteiger partial charge in [-0.3, -0.25) is 4.98 Å². The van der Waals surface area contributed by atoms with Crippen molar-refractivity contribution in [3.8, 4) is 0 Å². The fourth-order valence-corrected chi connectivity index (χ4v) is 1.67. The molecule has 0 spiro atoms. The molecular formula is C9H14N2O2S. The second kappa shape index (κ2) is 4.95. The number of hydrogen-bond donors (Lipinski definition) is 1. The van der Waals surface area contributed by atoms with E-state index in [1.807, 2.05) is 0 Å². The molecule has 0 aliphatic carbocycles. The maximum atomic E-state index is 11.1. The number of pyridine rings is 1. The van der Waals surface area contributed by atoms with Gasteiger partial charge in [0.2, 0.25) is 0 Å². The van der Waals surface area contributed by atoms with E-state index in [1.54, 1.807) is 31.5 Å². The molecule has 0 saturated heterocycles. The van der Waals surface area contributed by atoms with Crippen LogP contribution in [0.15, 0.2) is 24.5 Å². The molecule has 1 aromatic rings. The predicted octanol–water partition coefficient (Wildman–Crippen LogP) is 0.928. The zero-order chi connectivity index (χ0) is 10.4. The van der Waals surface area contributed by atoms with Crippen molar-refractivity contribution in [3.05, 3.63) is 24.5 Å². The molecule has 0 aliphatic heterocycles. The van der Waals surface area contributed by atoms with Crippen LogP contribution in [0.3, 0.4) is 0 Å². The molecule has 0 radical (unpaired) electrons. The summed E-state index contributed by atoms with van der Waals surface area (Å²) in [7, 11) is -2.87. The van der Waals surface area contributed by atoms with E-state index in [1.165, 1.54) is 0 Å². The van der Waals surface area contributed by atoms with E-state index in [2.05, 4.69) is 10.3 Å². The van der Waals surface area contributed by atoms with Crippen molar-refractivity contribution >= 4 is 15.5 Å². The van der Waals surface area contributed by atoms with Crippen molar-refractivity contribution in [1.29, 1.82) is 0 Å². The van der Waals surface area contributed by atoms with Gasteiger partial charge < -0.3 is 5.32 Å². The Morgan fingerprint density at radius 3 is 2.57 bits per heavy atom. The second-order valence-electron chi connectivity index (χ2n) is 2.90. The van der Waals surface area contributed by atoms with E-state index >= 15 is 0 Å². The van der Waals surface area contributed by atoms with E-state index in [4.69, 9.17) is 0 Å². The first-order chi connectivity index (χ1) is 6.64. The minimum atomic E-state index is -2.87. The molecule has 1 rings (SSSR count). The molecule has 1 heterocycles. The van der Waals surface area contributed by atoms with Gasteiger partial charge in [0.15, 0.2) is 9.84 Å². The Balaban J connectivity index is 2.37. The van der Waals surface area contributed by atoms with E-state index in [0.29, 0.717) is 6.54 Å². The van der Waals surface area contributed by atoms with Gasteiger partial charge in [0, 0.05) is 30.4 Å². The normalized spacial score (nSPS) is 11.2. The lowest BCUT2D eigenvalue weighted by molar-refractivity contribution is 0.597. The maximum Gasteiger partial charge on any atom is 0.151 e. The smallest absolute Gasteiger partial charge is 0.151 e. The van der Waals surface area contributed by atoms with Gasteiger partial charge in [0.05, 0.1) is 5.75 Å². The summed E-state index contributed by atoms with van der Waals surface area (Å²) in [6.07, 6.45) is 3.33. The standard InChI is InChI=1S/C9H14N2O2S/c1-2-14(12,13)8-7-11-9-3-5-10-6-4-9/h3-6H,2,7-8H2,1H3,(H,10,11). The zero-order valence-corrected chi connectivity index (χ0v) is 8.92. The summed E-state index contributed by atoms with van der Waals surface area (Å²) < 4.78 is 22.3. The summed E-state index contributed by atoms with van der Waals surface area (Å²) >= 11 is 0. The first-order valence-electron chi connectivity index (χ1n) is 4.48. The van der Waals surface area contributed by atoms with Crippen LogP contribution in [-0.4, -0.2) is 31.5 Å². The SMILES string of the molecule is CCS(=O)(=O)CCNc1ccncc1. The van der Waals surface area contributed by atoms with Crippen molar-refractivity contribution < 1.29 is 8.42 Å². The Morgan fingerprint density at radius 1 is 1.36 bits per heavy atom. The molecule has 0 aliphatic rings. The van der Waals surface area contributed by atoms with Gasteiger partial charge in [-0.1, -0.05) is 6.92 Å². The van der Waals surface area contributed by atoms with Crippen LogP contribution in [-0.2, 0) is 9.84 Å². The Hall–Kier alpha value is -1.10. The Bertz CT molecular complexity index is 362. The highest BCUT2D eigenvalue weighted by atomic mass is 32.2. The number of rotatable bonds is 5. The summed E-state index contributed by atoms with van der Waals surface area (Å²) in [5, 5.41) is 3.02. The lowest BCUT2D eigenvalue weighted by Gasteiger charge is -2.05. The molecule has 0 unspecified atom stereocenters. The number of nitrogens with one attached hydrogen (secondary N) is 1. The molecule has 0 saturated carbocycles. The molecule has 0 fully saturated rings. The van der Waals surface area contributed by atoms with Gasteiger partial charge in [0.1, 0.15) is 0 Å². The molecule has 5 heteroatoms. The van der Waals surface area contributed by atoms with Crippen molar-refractivity contribution in [2.45, 2.75) is 6.92 Å². The van der Waals surface area contributed by atoms with Crippen LogP contribution in [0.5, 0.6) is 0 Å². The average Bonchev–Trinajstić information content (AvgIpc) is 2.19. The third kappa shape index (κ3) is 3.74. The summed E-state index contributed by atoms with van der Waals surface area (Å²) in [6, 6.07) is 3.61. The number of nitrogens with zero attached hydrogens (tertiary/aromatic N) is 1. The first-order valence-corrected chi connectivity index (χ1v) is 6.30. The van der Waals surface area contributed by atoms with Crippen molar-refractivity contribution in [3.63, 3.8) is 0 Å². The number of sulfone groups is 1. The van der Waals surface area contributed by atoms with E-state index in [0.717, 1.165) is 5.69 Å². The third-order valence-electron chi connectivity index (χ3n) is 1.86. The molecule has 1 aromatic heterocycles. The maximum absolute atomic E-state index is 11.1. The highest BCUT2D eigenvalue weighted by Gasteiger charge is 2.05. The summed E-state index contributed by atoms with van der Waals surface area (Å²) in [4.78, 5) is 3.86. The van der Waals surface area contributed by atoms with Crippen LogP contribution in [0.2, 0.25) is 0 Å². The molecule has 0 aromatic carbocycles. The van der Waals surface area contributed by atoms with Gasteiger partial charge in [-0.05, 0) is 12.1 Å². The monoisotopic (exact) mass is 214 g/mol. The lowest BCUT2D eigenvalue weighted by Crippen LogP contribution is -2.17. The van der Waals surface area contributed by atoms with E-state index < -0.39 is 9.84 Å². The Kier molecular flexibility index (Phi) is 3.88. The fraction of sp³-hybridized carbons (Fsp3) is 0.444. The molecule has 4 nitrogen and oxygen atoms in total. The molecular weight excluding hydrogens is 200 g/mol. The second-order valence-corrected chi connectivity index (χ2v) is 5.37. The Morgan fingerprint density at radius 2 is 2.00 bits per heavy atom. The van der Waals surface area contributed by atoms with Crippen LogP contribution in [0.4, 0.5) is 5.69 Å². The van der Waals surface area contributed by atoms with Crippen LogP contribution in [0, 0.1) is 0 Å². The minimum Gasteiger partial charge on any atom is -0.384 e. The van der Waals surface area contributed by atoms with E-state index in [-0.39, 0.29) is 11.5 Å². The molecule has 0 bridgehead atoms. The largest absolute Gasteiger partial charge is 0.384 e. The minimum absolute atomic E-state index is 0.172. The predicted molar refractivity (Wildman–Crippen MR) is 57.1 cm³/mol. The van der Waals surface area contributed by atoms with Crippen LogP contribution in [0.1, 0.15) is 6.92 Å². The third-order valence-corrected chi connectivity index (χ3v) is 3.57. The molecule has 0 atom stereocenters. The van der Waals surface area contributed by atoms with Gasteiger partial charge in [-0.15, -0.1) is 0 Å². The summed E-state index contributed by atoms with van der Waals surface area (Å²) in [5.74, 6) is 0.372. The van der Waals surface area contributed by atoms with Crippen molar-refractivity contribution in [2.75, 3.05) is 23.4 Å². The highest BCUT2D eigenvalue weighted by Crippen LogP contribution is 2.02. The molecule has 1 N–H and O–H groups in total. The fourth-order valence-electron chi connectivity index (χ4n) is 0.965. The topological polar surface area (TPSA) is 59.1 Å². The lowest BCUT2D eigenvalue weighted by atomic mass is 10.4. The number of hydrogen-bond acceptors (Lipinski definition) is 4. The zero-order valence-electron chi connectivity index (χ0n) is 8.10. The van der Waals surface area contributed by atoms with Gasteiger partial charge in [-0.2, -0.15) is 0 Å².